The van der Waals surface area contributed by atoms with E-state index in [-0.39, 0.29) is 17.2 Å². The summed E-state index contributed by atoms with van der Waals surface area (Å²) in [5.41, 5.74) is 3.72. The van der Waals surface area contributed by atoms with Crippen LogP contribution in [0.2, 0.25) is 0 Å². The fourth-order valence-electron chi connectivity index (χ4n) is 4.31. The van der Waals surface area contributed by atoms with Gasteiger partial charge >= 0.3 is 0 Å². The molecule has 0 saturated carbocycles. The Morgan fingerprint density at radius 2 is 2.09 bits per heavy atom. The predicted molar refractivity (Wildman–Crippen MR) is 125 cm³/mol. The summed E-state index contributed by atoms with van der Waals surface area (Å²) in [7, 11) is 0. The second-order valence-electron chi connectivity index (χ2n) is 9.57. The molecular formula is C24H34N6O2. The molecule has 1 N–H and O–H groups in total. The molecule has 4 rings (SSSR count). The van der Waals surface area contributed by atoms with E-state index in [2.05, 4.69) is 65.2 Å². The third kappa shape index (κ3) is 4.61. The van der Waals surface area contributed by atoms with Crippen molar-refractivity contribution in [2.45, 2.75) is 78.6 Å². The lowest BCUT2D eigenvalue weighted by Crippen LogP contribution is -2.36. The zero-order chi connectivity index (χ0) is 22.9. The minimum Gasteiger partial charge on any atom is -0.377 e. The molecule has 2 aromatic heterocycles. The van der Waals surface area contributed by atoms with E-state index >= 15 is 0 Å². The van der Waals surface area contributed by atoms with Gasteiger partial charge in [0.05, 0.1) is 23.7 Å². The van der Waals surface area contributed by atoms with Gasteiger partial charge in [-0.3, -0.25) is 9.69 Å². The number of hydrogen-bond donors (Lipinski definition) is 1. The molecule has 32 heavy (non-hydrogen) atoms. The summed E-state index contributed by atoms with van der Waals surface area (Å²) >= 11 is 0. The van der Waals surface area contributed by atoms with E-state index in [0.717, 1.165) is 60.3 Å². The first-order chi connectivity index (χ1) is 15.3. The van der Waals surface area contributed by atoms with Crippen LogP contribution in [0.15, 0.2) is 23.0 Å². The lowest BCUT2D eigenvalue weighted by molar-refractivity contribution is 0.0656. The van der Waals surface area contributed by atoms with Gasteiger partial charge in [0.15, 0.2) is 5.82 Å². The van der Waals surface area contributed by atoms with Crippen molar-refractivity contribution < 1.29 is 4.74 Å². The van der Waals surface area contributed by atoms with Crippen LogP contribution in [0.4, 0.5) is 0 Å². The SMILES string of the molecule is CCC(C)(C)n1nnnc1CN(Cc1cc2ccc(C)c(C)c2[nH]c1=O)CC1CCCO1. The molecule has 0 bridgehead atoms. The summed E-state index contributed by atoms with van der Waals surface area (Å²) in [4.78, 5) is 18.3. The van der Waals surface area contributed by atoms with Crippen LogP contribution in [0, 0.1) is 13.8 Å². The Bertz CT molecular complexity index is 1140. The highest BCUT2D eigenvalue weighted by molar-refractivity contribution is 5.83. The maximum atomic E-state index is 13.0. The molecule has 0 radical (unpaired) electrons. The molecule has 1 atom stereocenters. The van der Waals surface area contributed by atoms with Crippen LogP contribution in [0.25, 0.3) is 10.9 Å². The van der Waals surface area contributed by atoms with Crippen LogP contribution in [0.3, 0.4) is 0 Å². The molecule has 1 aliphatic rings. The van der Waals surface area contributed by atoms with E-state index in [1.807, 2.05) is 17.7 Å². The number of aromatic nitrogens is 5. The van der Waals surface area contributed by atoms with E-state index in [1.165, 1.54) is 5.56 Å². The third-order valence-electron chi connectivity index (χ3n) is 6.85. The van der Waals surface area contributed by atoms with Gasteiger partial charge in [0.1, 0.15) is 0 Å². The first kappa shape index (κ1) is 22.6. The molecule has 0 aliphatic carbocycles. The number of H-pyrrole nitrogens is 1. The number of ether oxygens (including phenoxy) is 1. The van der Waals surface area contributed by atoms with Crippen molar-refractivity contribution in [3.05, 3.63) is 51.1 Å². The van der Waals surface area contributed by atoms with Gasteiger partial charge in [-0.1, -0.05) is 19.1 Å². The van der Waals surface area contributed by atoms with Gasteiger partial charge in [-0.25, -0.2) is 4.68 Å². The molecule has 1 fully saturated rings. The fraction of sp³-hybridized carbons (Fsp3) is 0.583. The summed E-state index contributed by atoms with van der Waals surface area (Å²) in [6.07, 6.45) is 3.20. The summed E-state index contributed by atoms with van der Waals surface area (Å²) in [6.45, 7) is 13.1. The second-order valence-corrected chi connectivity index (χ2v) is 9.57. The standard InChI is InChI=1S/C24H34N6O2/c1-6-24(4,5)30-21(26-27-28-30)15-29(14-20-8-7-11-32-20)13-19-12-18-10-9-16(2)17(3)22(18)25-23(19)31/h9-10,12,20H,6-8,11,13-15H2,1-5H3,(H,25,31). The van der Waals surface area contributed by atoms with Crippen molar-refractivity contribution in [3.8, 4) is 0 Å². The highest BCUT2D eigenvalue weighted by atomic mass is 16.5. The number of tetrazole rings is 1. The summed E-state index contributed by atoms with van der Waals surface area (Å²) < 4.78 is 7.81. The van der Waals surface area contributed by atoms with Crippen LogP contribution in [0.5, 0.6) is 0 Å². The molecule has 0 amide bonds. The van der Waals surface area contributed by atoms with E-state index in [9.17, 15) is 4.79 Å². The monoisotopic (exact) mass is 438 g/mol. The van der Waals surface area contributed by atoms with Gasteiger partial charge in [-0.05, 0) is 80.0 Å². The van der Waals surface area contributed by atoms with Crippen molar-refractivity contribution in [2.24, 2.45) is 0 Å². The molecule has 1 aromatic carbocycles. The van der Waals surface area contributed by atoms with Crippen LogP contribution >= 0.6 is 0 Å². The Morgan fingerprint density at radius 3 is 2.81 bits per heavy atom. The molecular weight excluding hydrogens is 404 g/mol. The highest BCUT2D eigenvalue weighted by Gasteiger charge is 2.26. The minimum absolute atomic E-state index is 0.0444. The Balaban J connectivity index is 1.65. The van der Waals surface area contributed by atoms with Crippen molar-refractivity contribution in [3.63, 3.8) is 0 Å². The van der Waals surface area contributed by atoms with Gasteiger partial charge in [0.2, 0.25) is 0 Å². The van der Waals surface area contributed by atoms with Crippen molar-refractivity contribution in [1.29, 1.82) is 0 Å². The summed E-state index contributed by atoms with van der Waals surface area (Å²) in [6, 6.07) is 6.19. The van der Waals surface area contributed by atoms with Gasteiger partial charge in [0, 0.05) is 25.3 Å². The zero-order valence-corrected chi connectivity index (χ0v) is 19.8. The number of benzene rings is 1. The number of aryl methyl sites for hydroxylation is 2. The molecule has 8 nitrogen and oxygen atoms in total. The van der Waals surface area contributed by atoms with E-state index in [0.29, 0.717) is 13.1 Å². The fourth-order valence-corrected chi connectivity index (χ4v) is 4.31. The van der Waals surface area contributed by atoms with Crippen LogP contribution in [-0.2, 0) is 23.4 Å². The Morgan fingerprint density at radius 1 is 1.28 bits per heavy atom. The summed E-state index contributed by atoms with van der Waals surface area (Å²) in [5.74, 6) is 0.804. The second kappa shape index (κ2) is 9.11. The minimum atomic E-state index is -0.176. The molecule has 1 unspecified atom stereocenters. The smallest absolute Gasteiger partial charge is 0.252 e. The topological polar surface area (TPSA) is 88.9 Å². The molecule has 3 heterocycles. The van der Waals surface area contributed by atoms with E-state index in [1.54, 1.807) is 0 Å². The Hall–Kier alpha value is -2.58. The molecule has 1 aliphatic heterocycles. The van der Waals surface area contributed by atoms with Gasteiger partial charge in [-0.2, -0.15) is 0 Å². The van der Waals surface area contributed by atoms with Crippen molar-refractivity contribution in [2.75, 3.05) is 13.2 Å². The largest absolute Gasteiger partial charge is 0.377 e. The number of nitrogens with one attached hydrogen (secondary N) is 1. The molecule has 8 heteroatoms. The van der Waals surface area contributed by atoms with E-state index in [4.69, 9.17) is 4.74 Å². The Kier molecular flexibility index (Phi) is 6.44. The van der Waals surface area contributed by atoms with Crippen molar-refractivity contribution in [1.82, 2.24) is 30.1 Å². The lowest BCUT2D eigenvalue weighted by atomic mass is 10.0. The molecule has 1 saturated heterocycles. The number of aromatic amines is 1. The van der Waals surface area contributed by atoms with Gasteiger partial charge in [-0.15, -0.1) is 5.10 Å². The highest BCUT2D eigenvalue weighted by Crippen LogP contribution is 2.23. The molecule has 172 valence electrons. The number of fused-ring (bicyclic) bond motifs is 1. The average Bonchev–Trinajstić information content (AvgIpc) is 3.44. The zero-order valence-electron chi connectivity index (χ0n) is 19.8. The quantitative estimate of drug-likeness (QED) is 0.579. The maximum absolute atomic E-state index is 13.0. The number of pyridine rings is 1. The first-order valence-corrected chi connectivity index (χ1v) is 11.5. The van der Waals surface area contributed by atoms with Crippen LogP contribution < -0.4 is 5.56 Å². The Labute approximate surface area is 189 Å². The number of hydrogen-bond acceptors (Lipinski definition) is 6. The molecule has 3 aromatic rings. The van der Waals surface area contributed by atoms with E-state index < -0.39 is 0 Å². The lowest BCUT2D eigenvalue weighted by Gasteiger charge is -2.28. The predicted octanol–water partition coefficient (Wildman–Crippen LogP) is 3.46. The normalized spacial score (nSPS) is 17.0. The third-order valence-corrected chi connectivity index (χ3v) is 6.85. The van der Waals surface area contributed by atoms with Crippen LogP contribution in [-0.4, -0.2) is 49.3 Å². The van der Waals surface area contributed by atoms with Gasteiger partial charge in [0.25, 0.3) is 5.56 Å². The molecule has 0 spiro atoms. The number of rotatable bonds is 8. The average molecular weight is 439 g/mol. The van der Waals surface area contributed by atoms with Gasteiger partial charge < -0.3 is 9.72 Å². The maximum Gasteiger partial charge on any atom is 0.252 e. The summed E-state index contributed by atoms with van der Waals surface area (Å²) in [5, 5.41) is 13.6. The first-order valence-electron chi connectivity index (χ1n) is 11.5. The van der Waals surface area contributed by atoms with Crippen molar-refractivity contribution >= 4 is 10.9 Å². The number of nitrogens with zero attached hydrogens (tertiary/aromatic N) is 5. The van der Waals surface area contributed by atoms with Crippen LogP contribution in [0.1, 0.15) is 62.5 Å².